The molecule has 0 saturated heterocycles. The van der Waals surface area contributed by atoms with Crippen molar-refractivity contribution in [1.82, 2.24) is 4.31 Å². The monoisotopic (exact) mass is 473 g/mol. The number of sulfonamides is 1. The van der Waals surface area contributed by atoms with E-state index in [1.54, 1.807) is 26.0 Å². The van der Waals surface area contributed by atoms with Crippen LogP contribution in [0.5, 0.6) is 0 Å². The topological polar surface area (TPSA) is 78.5 Å². The van der Waals surface area contributed by atoms with E-state index < -0.39 is 10.0 Å². The van der Waals surface area contributed by atoms with Crippen molar-refractivity contribution in [2.75, 3.05) is 30.3 Å². The Morgan fingerprint density at radius 1 is 1.15 bits per heavy atom. The van der Waals surface area contributed by atoms with Crippen molar-refractivity contribution in [1.29, 1.82) is 0 Å². The first kappa shape index (κ1) is 21.7. The molecule has 6 nitrogen and oxygen atoms in total. The summed E-state index contributed by atoms with van der Waals surface area (Å²) in [4.78, 5) is 12.2. The smallest absolute Gasteiger partial charge is 0.244 e. The third kappa shape index (κ3) is 5.44. The lowest BCUT2D eigenvalue weighted by Crippen LogP contribution is -2.31. The highest BCUT2D eigenvalue weighted by atomic mass is 79.9. The Kier molecular flexibility index (Phi) is 7.67. The highest BCUT2D eigenvalue weighted by Crippen LogP contribution is 2.28. The highest BCUT2D eigenvalue weighted by Gasteiger charge is 2.24. The first-order valence-corrected chi connectivity index (χ1v) is 11.0. The van der Waals surface area contributed by atoms with E-state index in [0.29, 0.717) is 24.5 Å². The van der Waals surface area contributed by atoms with Gasteiger partial charge in [-0.2, -0.15) is 4.31 Å². The average molecular weight is 475 g/mol. The number of nitrogens with zero attached hydrogens (tertiary/aromatic N) is 1. The minimum absolute atomic E-state index is 0.0177. The molecule has 0 heterocycles. The largest absolute Gasteiger partial charge is 0.376 e. The summed E-state index contributed by atoms with van der Waals surface area (Å²) in [7, 11) is -3.69. The third-order valence-electron chi connectivity index (χ3n) is 3.86. The molecule has 2 aromatic carbocycles. The van der Waals surface area contributed by atoms with E-state index in [4.69, 9.17) is 11.6 Å². The van der Waals surface area contributed by atoms with E-state index >= 15 is 0 Å². The fourth-order valence-electron chi connectivity index (χ4n) is 2.45. The number of carbonyl (C=O) groups is 1. The van der Waals surface area contributed by atoms with Crippen LogP contribution >= 0.6 is 27.5 Å². The number of amides is 1. The molecule has 0 radical (unpaired) electrons. The van der Waals surface area contributed by atoms with Crippen LogP contribution in [0.3, 0.4) is 0 Å². The molecule has 0 spiro atoms. The zero-order valence-electron chi connectivity index (χ0n) is 15.0. The minimum Gasteiger partial charge on any atom is -0.376 e. The molecule has 9 heteroatoms. The number of hydrogen-bond donors (Lipinski definition) is 2. The van der Waals surface area contributed by atoms with Gasteiger partial charge in [0.05, 0.1) is 17.3 Å². The van der Waals surface area contributed by atoms with Gasteiger partial charge in [-0.05, 0) is 46.3 Å². The lowest BCUT2D eigenvalue weighted by molar-refractivity contribution is -0.114. The van der Waals surface area contributed by atoms with Gasteiger partial charge < -0.3 is 10.6 Å². The van der Waals surface area contributed by atoms with Crippen LogP contribution in [0.25, 0.3) is 0 Å². The van der Waals surface area contributed by atoms with E-state index in [-0.39, 0.29) is 22.4 Å². The molecule has 2 aromatic rings. The van der Waals surface area contributed by atoms with Gasteiger partial charge >= 0.3 is 0 Å². The minimum atomic E-state index is -3.69. The van der Waals surface area contributed by atoms with Gasteiger partial charge in [-0.25, -0.2) is 8.42 Å². The summed E-state index contributed by atoms with van der Waals surface area (Å²) in [5.74, 6) is -0.259. The van der Waals surface area contributed by atoms with Crippen LogP contribution in [0.15, 0.2) is 51.8 Å². The zero-order chi connectivity index (χ0) is 20.0. The molecule has 0 bridgehead atoms. The fraction of sp³-hybridized carbons (Fsp3) is 0.278. The van der Waals surface area contributed by atoms with Crippen LogP contribution in [0, 0.1) is 0 Å². The van der Waals surface area contributed by atoms with Crippen LogP contribution in [0.2, 0.25) is 5.02 Å². The number of hydrogen-bond acceptors (Lipinski definition) is 4. The maximum atomic E-state index is 12.7. The maximum Gasteiger partial charge on any atom is 0.244 e. The van der Waals surface area contributed by atoms with Crippen LogP contribution in [0.4, 0.5) is 11.4 Å². The standard InChI is InChI=1S/C18H21BrClN3O3S/c1-3-23(4-2)27(25,26)17-11-13(9-10-15(17)20)21-12-18(24)22-16-8-6-5-7-14(16)19/h5-11,21H,3-4,12H2,1-2H3,(H,22,24). The molecule has 0 unspecified atom stereocenters. The van der Waals surface area contributed by atoms with Gasteiger partial charge in [0.25, 0.3) is 0 Å². The summed E-state index contributed by atoms with van der Waals surface area (Å²) in [5.41, 5.74) is 1.15. The lowest BCUT2D eigenvalue weighted by atomic mass is 10.3. The number of anilines is 2. The Bertz CT molecular complexity index is 918. The number of carbonyl (C=O) groups excluding carboxylic acids is 1. The van der Waals surface area contributed by atoms with Crippen LogP contribution in [-0.2, 0) is 14.8 Å². The van der Waals surface area contributed by atoms with Gasteiger partial charge in [0.15, 0.2) is 0 Å². The Labute approximate surface area is 173 Å². The van der Waals surface area contributed by atoms with Gasteiger partial charge in [0, 0.05) is 23.2 Å². The first-order valence-electron chi connectivity index (χ1n) is 8.37. The second-order valence-corrected chi connectivity index (χ2v) is 8.78. The Morgan fingerprint density at radius 3 is 2.44 bits per heavy atom. The number of rotatable bonds is 8. The second kappa shape index (κ2) is 9.54. The number of nitrogens with one attached hydrogen (secondary N) is 2. The molecular weight excluding hydrogens is 454 g/mol. The SMILES string of the molecule is CCN(CC)S(=O)(=O)c1cc(NCC(=O)Nc2ccccc2Br)ccc1Cl. The summed E-state index contributed by atoms with van der Waals surface area (Å²) < 4.78 is 27.5. The molecule has 0 atom stereocenters. The van der Waals surface area contributed by atoms with Crippen molar-refractivity contribution in [3.63, 3.8) is 0 Å². The zero-order valence-corrected chi connectivity index (χ0v) is 18.2. The molecule has 2 N–H and O–H groups in total. The summed E-state index contributed by atoms with van der Waals surface area (Å²) in [5, 5.41) is 5.85. The van der Waals surface area contributed by atoms with Gasteiger partial charge in [-0.3, -0.25) is 4.79 Å². The Morgan fingerprint density at radius 2 is 1.81 bits per heavy atom. The summed E-state index contributed by atoms with van der Waals surface area (Å²) >= 11 is 9.47. The lowest BCUT2D eigenvalue weighted by Gasteiger charge is -2.20. The molecule has 1 amide bonds. The predicted octanol–water partition coefficient (Wildman–Crippen LogP) is 4.18. The summed E-state index contributed by atoms with van der Waals surface area (Å²) in [6.07, 6.45) is 0. The first-order chi connectivity index (χ1) is 12.8. The van der Waals surface area contributed by atoms with E-state index in [1.807, 2.05) is 18.2 Å². The van der Waals surface area contributed by atoms with E-state index in [1.165, 1.54) is 16.4 Å². The highest BCUT2D eigenvalue weighted by molar-refractivity contribution is 9.10. The van der Waals surface area contributed by atoms with Gasteiger partial charge in [-0.1, -0.05) is 37.6 Å². The molecule has 27 heavy (non-hydrogen) atoms. The van der Waals surface area contributed by atoms with Crippen molar-refractivity contribution in [3.05, 3.63) is 52.0 Å². The van der Waals surface area contributed by atoms with E-state index in [0.717, 1.165) is 4.47 Å². The molecule has 146 valence electrons. The number of para-hydroxylation sites is 1. The predicted molar refractivity (Wildman–Crippen MR) is 113 cm³/mol. The fourth-order valence-corrected chi connectivity index (χ4v) is 4.80. The van der Waals surface area contributed by atoms with Crippen molar-refractivity contribution in [3.8, 4) is 0 Å². The van der Waals surface area contributed by atoms with Crippen LogP contribution in [-0.4, -0.2) is 38.3 Å². The molecule has 0 aliphatic carbocycles. The van der Waals surface area contributed by atoms with Gasteiger partial charge in [0.2, 0.25) is 15.9 Å². The number of benzene rings is 2. The maximum absolute atomic E-state index is 12.7. The van der Waals surface area contributed by atoms with Crippen molar-refractivity contribution in [2.24, 2.45) is 0 Å². The molecule has 2 rings (SSSR count). The average Bonchev–Trinajstić information content (AvgIpc) is 2.63. The van der Waals surface area contributed by atoms with Crippen LogP contribution < -0.4 is 10.6 Å². The molecule has 0 saturated carbocycles. The van der Waals surface area contributed by atoms with Crippen molar-refractivity contribution >= 4 is 54.8 Å². The molecular formula is C18H21BrClN3O3S. The van der Waals surface area contributed by atoms with Crippen molar-refractivity contribution < 1.29 is 13.2 Å². The van der Waals surface area contributed by atoms with E-state index in [9.17, 15) is 13.2 Å². The van der Waals surface area contributed by atoms with Crippen LogP contribution in [0.1, 0.15) is 13.8 Å². The van der Waals surface area contributed by atoms with Gasteiger partial charge in [-0.15, -0.1) is 0 Å². The summed E-state index contributed by atoms with van der Waals surface area (Å²) in [6, 6.07) is 11.9. The molecule has 0 fully saturated rings. The van der Waals surface area contributed by atoms with E-state index in [2.05, 4.69) is 26.6 Å². The third-order valence-corrected chi connectivity index (χ3v) is 7.08. The Hall–Kier alpha value is -1.61. The van der Waals surface area contributed by atoms with Gasteiger partial charge in [0.1, 0.15) is 4.90 Å². The number of halogens is 2. The molecule has 0 aromatic heterocycles. The Balaban J connectivity index is 2.12. The molecule has 0 aliphatic rings. The molecule has 0 aliphatic heterocycles. The quantitative estimate of drug-likeness (QED) is 0.601. The normalized spacial score (nSPS) is 11.4. The second-order valence-electron chi connectivity index (χ2n) is 5.62. The summed E-state index contributed by atoms with van der Waals surface area (Å²) in [6.45, 7) is 4.21. The van der Waals surface area contributed by atoms with Crippen molar-refractivity contribution in [2.45, 2.75) is 18.7 Å².